The van der Waals surface area contributed by atoms with Gasteiger partial charge in [-0.1, -0.05) is 6.92 Å². The second-order valence-corrected chi connectivity index (χ2v) is 7.09. The highest BCUT2D eigenvalue weighted by Crippen LogP contribution is 2.38. The Morgan fingerprint density at radius 2 is 1.73 bits per heavy atom. The third-order valence-corrected chi connectivity index (χ3v) is 5.12. The zero-order valence-electron chi connectivity index (χ0n) is 15.2. The normalized spacial score (nSPS) is 22.5. The van der Waals surface area contributed by atoms with E-state index < -0.39 is 0 Å². The Labute approximate surface area is 153 Å². The van der Waals surface area contributed by atoms with E-state index in [-0.39, 0.29) is 29.9 Å². The lowest BCUT2D eigenvalue weighted by Gasteiger charge is -2.31. The maximum Gasteiger partial charge on any atom is 0.409 e. The van der Waals surface area contributed by atoms with E-state index in [4.69, 9.17) is 4.74 Å². The maximum atomic E-state index is 12.4. The van der Waals surface area contributed by atoms with Crippen LogP contribution in [0.15, 0.2) is 24.3 Å². The lowest BCUT2D eigenvalue weighted by Crippen LogP contribution is -2.46. The van der Waals surface area contributed by atoms with E-state index >= 15 is 0 Å². The summed E-state index contributed by atoms with van der Waals surface area (Å²) in [6.07, 6.45) is 2.03. The minimum Gasteiger partial charge on any atom is -0.453 e. The summed E-state index contributed by atoms with van der Waals surface area (Å²) in [7, 11) is 1.37. The van der Waals surface area contributed by atoms with Gasteiger partial charge in [-0.25, -0.2) is 4.79 Å². The third kappa shape index (κ3) is 4.33. The van der Waals surface area contributed by atoms with Gasteiger partial charge in [-0.3, -0.25) is 9.59 Å². The Morgan fingerprint density at radius 1 is 1.12 bits per heavy atom. The van der Waals surface area contributed by atoms with Gasteiger partial charge in [-0.05, 0) is 49.4 Å². The fourth-order valence-electron chi connectivity index (χ4n) is 3.23. The predicted octanol–water partition coefficient (Wildman–Crippen LogP) is 2.24. The fourth-order valence-corrected chi connectivity index (χ4v) is 3.23. The Morgan fingerprint density at radius 3 is 2.27 bits per heavy atom. The molecule has 0 radical (unpaired) electrons. The quantitative estimate of drug-likeness (QED) is 0.863. The number of ether oxygens (including phenoxy) is 1. The zero-order valence-corrected chi connectivity index (χ0v) is 15.2. The van der Waals surface area contributed by atoms with E-state index in [1.807, 2.05) is 0 Å². The molecule has 1 aliphatic heterocycles. The van der Waals surface area contributed by atoms with Crippen LogP contribution in [0.25, 0.3) is 0 Å². The van der Waals surface area contributed by atoms with Crippen molar-refractivity contribution in [1.29, 1.82) is 0 Å². The second-order valence-electron chi connectivity index (χ2n) is 7.09. The molecule has 0 aromatic heterocycles. The first kappa shape index (κ1) is 18.2. The summed E-state index contributed by atoms with van der Waals surface area (Å²) in [5.74, 6) is 0.488. The van der Waals surface area contributed by atoms with Crippen molar-refractivity contribution in [3.05, 3.63) is 29.8 Å². The van der Waals surface area contributed by atoms with E-state index in [2.05, 4.69) is 17.6 Å². The van der Waals surface area contributed by atoms with Gasteiger partial charge in [0.2, 0.25) is 5.91 Å². The van der Waals surface area contributed by atoms with Crippen molar-refractivity contribution < 1.29 is 19.1 Å². The van der Waals surface area contributed by atoms with Crippen LogP contribution in [0.5, 0.6) is 0 Å². The number of anilines is 1. The summed E-state index contributed by atoms with van der Waals surface area (Å²) in [6.45, 7) is 3.21. The van der Waals surface area contributed by atoms with Crippen LogP contribution in [0.1, 0.15) is 36.5 Å². The molecule has 1 saturated heterocycles. The molecule has 1 aromatic rings. The number of hydrogen-bond donors (Lipinski definition) is 2. The Kier molecular flexibility index (Phi) is 5.44. The first-order valence-electron chi connectivity index (χ1n) is 9.02. The molecule has 3 rings (SSSR count). The molecule has 1 aliphatic carbocycles. The van der Waals surface area contributed by atoms with Crippen molar-refractivity contribution >= 4 is 23.6 Å². The van der Waals surface area contributed by atoms with E-state index in [0.717, 1.165) is 6.42 Å². The molecule has 26 heavy (non-hydrogen) atoms. The summed E-state index contributed by atoms with van der Waals surface area (Å²) < 4.78 is 4.71. The second kappa shape index (κ2) is 7.76. The molecule has 2 aliphatic rings. The van der Waals surface area contributed by atoms with Crippen LogP contribution in [-0.4, -0.2) is 49.0 Å². The molecule has 0 spiro atoms. The summed E-state index contributed by atoms with van der Waals surface area (Å²) >= 11 is 0. The first-order valence-corrected chi connectivity index (χ1v) is 9.02. The smallest absolute Gasteiger partial charge is 0.409 e. The summed E-state index contributed by atoms with van der Waals surface area (Å²) in [5.41, 5.74) is 1.26. The van der Waals surface area contributed by atoms with Crippen molar-refractivity contribution in [2.75, 3.05) is 25.5 Å². The number of piperidine rings is 1. The third-order valence-electron chi connectivity index (χ3n) is 5.12. The van der Waals surface area contributed by atoms with Crippen molar-refractivity contribution in [3.8, 4) is 0 Å². The highest BCUT2D eigenvalue weighted by molar-refractivity contribution is 5.97. The van der Waals surface area contributed by atoms with Gasteiger partial charge in [0.25, 0.3) is 5.91 Å². The molecule has 3 amide bonds. The number of hydrogen-bond acceptors (Lipinski definition) is 4. The number of rotatable bonds is 4. The highest BCUT2D eigenvalue weighted by atomic mass is 16.5. The molecule has 7 nitrogen and oxygen atoms in total. The number of carbonyl (C=O) groups excluding carboxylic acids is 3. The lowest BCUT2D eigenvalue weighted by atomic mass is 10.0. The molecular weight excluding hydrogens is 334 g/mol. The topological polar surface area (TPSA) is 87.7 Å². The molecule has 2 unspecified atom stereocenters. The number of carbonyl (C=O) groups is 3. The lowest BCUT2D eigenvalue weighted by molar-refractivity contribution is -0.117. The number of nitrogens with zero attached hydrogens (tertiary/aromatic N) is 1. The van der Waals surface area contributed by atoms with Crippen molar-refractivity contribution in [1.82, 2.24) is 10.2 Å². The maximum absolute atomic E-state index is 12.4. The standard InChI is InChI=1S/C19H25N3O4/c1-12-11-16(12)18(24)21-14-5-3-13(4-6-14)17(23)20-15-7-9-22(10-8-15)19(25)26-2/h3-6,12,15-16H,7-11H2,1-2H3,(H,20,23)(H,21,24). The van der Waals surface area contributed by atoms with Gasteiger partial charge < -0.3 is 20.3 Å². The SMILES string of the molecule is COC(=O)N1CCC(NC(=O)c2ccc(NC(=O)C3CC3C)cc2)CC1. The van der Waals surface area contributed by atoms with Gasteiger partial charge >= 0.3 is 6.09 Å². The molecule has 1 heterocycles. The van der Waals surface area contributed by atoms with Crippen molar-refractivity contribution in [3.63, 3.8) is 0 Å². The molecule has 7 heteroatoms. The molecule has 1 saturated carbocycles. The van der Waals surface area contributed by atoms with Gasteiger partial charge in [0.05, 0.1) is 7.11 Å². The van der Waals surface area contributed by atoms with E-state index in [1.54, 1.807) is 29.2 Å². The summed E-state index contributed by atoms with van der Waals surface area (Å²) in [5, 5.41) is 5.88. The number of methoxy groups -OCH3 is 1. The van der Waals surface area contributed by atoms with E-state index in [1.165, 1.54) is 7.11 Å². The van der Waals surface area contributed by atoms with Crippen LogP contribution in [0, 0.1) is 11.8 Å². The monoisotopic (exact) mass is 359 g/mol. The number of amides is 3. The molecule has 2 atom stereocenters. The Hall–Kier alpha value is -2.57. The average Bonchev–Trinajstić information content (AvgIpc) is 3.39. The summed E-state index contributed by atoms with van der Waals surface area (Å²) in [6, 6.07) is 6.97. The molecule has 0 bridgehead atoms. The minimum atomic E-state index is -0.326. The van der Waals surface area contributed by atoms with Gasteiger partial charge in [0.1, 0.15) is 0 Å². The van der Waals surface area contributed by atoms with Gasteiger partial charge in [-0.15, -0.1) is 0 Å². The zero-order chi connectivity index (χ0) is 18.7. The van der Waals surface area contributed by atoms with Gasteiger partial charge in [-0.2, -0.15) is 0 Å². The van der Waals surface area contributed by atoms with Gasteiger partial charge in [0.15, 0.2) is 0 Å². The number of nitrogens with one attached hydrogen (secondary N) is 2. The van der Waals surface area contributed by atoms with E-state index in [0.29, 0.717) is 43.1 Å². The molecule has 2 fully saturated rings. The fraction of sp³-hybridized carbons (Fsp3) is 0.526. The van der Waals surface area contributed by atoms with E-state index in [9.17, 15) is 14.4 Å². The van der Waals surface area contributed by atoms with Crippen LogP contribution in [0.2, 0.25) is 0 Å². The number of likely N-dealkylation sites (tertiary alicyclic amines) is 1. The average molecular weight is 359 g/mol. The Bertz CT molecular complexity index is 681. The van der Waals surface area contributed by atoms with Crippen LogP contribution in [0.4, 0.5) is 10.5 Å². The highest BCUT2D eigenvalue weighted by Gasteiger charge is 2.39. The summed E-state index contributed by atoms with van der Waals surface area (Å²) in [4.78, 5) is 37.4. The molecule has 1 aromatic carbocycles. The van der Waals surface area contributed by atoms with Crippen LogP contribution < -0.4 is 10.6 Å². The predicted molar refractivity (Wildman–Crippen MR) is 96.8 cm³/mol. The first-order chi connectivity index (χ1) is 12.5. The largest absolute Gasteiger partial charge is 0.453 e. The van der Waals surface area contributed by atoms with Crippen molar-refractivity contribution in [2.24, 2.45) is 11.8 Å². The van der Waals surface area contributed by atoms with Crippen LogP contribution in [0.3, 0.4) is 0 Å². The number of benzene rings is 1. The molecule has 2 N–H and O–H groups in total. The van der Waals surface area contributed by atoms with Crippen molar-refractivity contribution in [2.45, 2.75) is 32.2 Å². The van der Waals surface area contributed by atoms with Crippen LogP contribution >= 0.6 is 0 Å². The molecule has 140 valence electrons. The van der Waals surface area contributed by atoms with Gasteiger partial charge in [0, 0.05) is 36.3 Å². The van der Waals surface area contributed by atoms with Crippen LogP contribution in [-0.2, 0) is 9.53 Å². The minimum absolute atomic E-state index is 0.0409. The Balaban J connectivity index is 1.48. The molecular formula is C19H25N3O4.